The van der Waals surface area contributed by atoms with E-state index in [9.17, 15) is 4.79 Å². The molecule has 0 saturated carbocycles. The van der Waals surface area contributed by atoms with Gasteiger partial charge in [0, 0.05) is 5.02 Å². The number of benzene rings is 1. The highest BCUT2D eigenvalue weighted by atomic mass is 35.5. The molecule has 2 aromatic rings. The van der Waals surface area contributed by atoms with Gasteiger partial charge in [-0.2, -0.15) is 0 Å². The number of carbonyl (C=O) groups is 1. The summed E-state index contributed by atoms with van der Waals surface area (Å²) in [5.74, 6) is 0.583. The highest BCUT2D eigenvalue weighted by Gasteiger charge is 2.23. The lowest BCUT2D eigenvalue weighted by molar-refractivity contribution is -0.122. The van der Waals surface area contributed by atoms with Gasteiger partial charge in [-0.25, -0.2) is 0 Å². The van der Waals surface area contributed by atoms with Gasteiger partial charge in [-0.1, -0.05) is 23.7 Å². The summed E-state index contributed by atoms with van der Waals surface area (Å²) in [6.45, 7) is 3.91. The van der Waals surface area contributed by atoms with Crippen LogP contribution in [-0.2, 0) is 16.8 Å². The quantitative estimate of drug-likeness (QED) is 0.929. The summed E-state index contributed by atoms with van der Waals surface area (Å²) in [6.07, 6.45) is 1.80. The van der Waals surface area contributed by atoms with E-state index in [4.69, 9.17) is 16.0 Å². The molecule has 1 heterocycles. The van der Waals surface area contributed by atoms with E-state index in [0.717, 1.165) is 5.56 Å². The van der Waals surface area contributed by atoms with Crippen LogP contribution in [0.3, 0.4) is 0 Å². The zero-order chi connectivity index (χ0) is 13.9. The summed E-state index contributed by atoms with van der Waals surface area (Å²) in [5, 5.41) is 3.67. The van der Waals surface area contributed by atoms with Crippen LogP contribution in [0.1, 0.15) is 25.2 Å². The lowest BCUT2D eigenvalue weighted by Crippen LogP contribution is -2.41. The molecule has 0 aliphatic carbocycles. The topological polar surface area (TPSA) is 42.2 Å². The molecule has 1 amide bonds. The van der Waals surface area contributed by atoms with Gasteiger partial charge in [-0.3, -0.25) is 4.79 Å². The number of carbonyl (C=O) groups excluding carboxylic acids is 1. The fourth-order valence-corrected chi connectivity index (χ4v) is 2.03. The summed E-state index contributed by atoms with van der Waals surface area (Å²) in [6, 6.07) is 11.0. The standard InChI is InChI=1S/C15H16ClNO2/c1-15(2,11-5-7-12(16)8-6-11)17-14(18)10-13-4-3-9-19-13/h3-9H,10H2,1-2H3,(H,17,18). The molecule has 0 saturated heterocycles. The molecule has 0 fully saturated rings. The Bertz CT molecular complexity index is 544. The molecule has 100 valence electrons. The van der Waals surface area contributed by atoms with Gasteiger partial charge in [0.15, 0.2) is 0 Å². The predicted octanol–water partition coefficient (Wildman–Crippen LogP) is 3.53. The van der Waals surface area contributed by atoms with Gasteiger partial charge >= 0.3 is 0 Å². The van der Waals surface area contributed by atoms with Gasteiger partial charge in [0.05, 0.1) is 18.2 Å². The minimum Gasteiger partial charge on any atom is -0.469 e. The van der Waals surface area contributed by atoms with Crippen molar-refractivity contribution in [3.8, 4) is 0 Å². The molecule has 3 nitrogen and oxygen atoms in total. The normalized spacial score (nSPS) is 11.3. The number of hydrogen-bond acceptors (Lipinski definition) is 2. The molecule has 0 radical (unpaired) electrons. The monoisotopic (exact) mass is 277 g/mol. The fraction of sp³-hybridized carbons (Fsp3) is 0.267. The van der Waals surface area contributed by atoms with Crippen molar-refractivity contribution in [2.45, 2.75) is 25.8 Å². The number of furan rings is 1. The van der Waals surface area contributed by atoms with Crippen molar-refractivity contribution in [1.29, 1.82) is 0 Å². The second kappa shape index (κ2) is 5.49. The molecule has 19 heavy (non-hydrogen) atoms. The summed E-state index contributed by atoms with van der Waals surface area (Å²) >= 11 is 5.86. The molecule has 0 bridgehead atoms. The number of hydrogen-bond donors (Lipinski definition) is 1. The molecule has 1 N–H and O–H groups in total. The van der Waals surface area contributed by atoms with E-state index in [1.165, 1.54) is 0 Å². The summed E-state index contributed by atoms with van der Waals surface area (Å²) in [4.78, 5) is 12.0. The number of amides is 1. The van der Waals surface area contributed by atoms with Crippen LogP contribution in [-0.4, -0.2) is 5.91 Å². The van der Waals surface area contributed by atoms with E-state index in [1.54, 1.807) is 18.4 Å². The average molecular weight is 278 g/mol. The van der Waals surface area contributed by atoms with Crippen molar-refractivity contribution in [3.05, 3.63) is 59.0 Å². The Balaban J connectivity index is 2.04. The molecule has 2 rings (SSSR count). The van der Waals surface area contributed by atoms with Crippen LogP contribution < -0.4 is 5.32 Å². The van der Waals surface area contributed by atoms with Crippen LogP contribution in [0, 0.1) is 0 Å². The highest BCUT2D eigenvalue weighted by molar-refractivity contribution is 6.30. The molecule has 0 aliphatic heterocycles. The van der Waals surface area contributed by atoms with Gasteiger partial charge in [0.25, 0.3) is 0 Å². The summed E-state index contributed by atoms with van der Waals surface area (Å²) in [5.41, 5.74) is 0.554. The molecule has 0 aliphatic rings. The second-order valence-electron chi connectivity index (χ2n) is 4.94. The van der Waals surface area contributed by atoms with Crippen LogP contribution in [0.15, 0.2) is 47.1 Å². The summed E-state index contributed by atoms with van der Waals surface area (Å²) < 4.78 is 5.16. The van der Waals surface area contributed by atoms with Crippen molar-refractivity contribution < 1.29 is 9.21 Å². The average Bonchev–Trinajstić information content (AvgIpc) is 2.81. The van der Waals surface area contributed by atoms with Gasteiger partial charge < -0.3 is 9.73 Å². The van der Waals surface area contributed by atoms with E-state index in [0.29, 0.717) is 10.8 Å². The SMILES string of the molecule is CC(C)(NC(=O)Cc1ccco1)c1ccc(Cl)cc1. The number of nitrogens with one attached hydrogen (secondary N) is 1. The third-order valence-corrected chi connectivity index (χ3v) is 3.18. The van der Waals surface area contributed by atoms with Crippen LogP contribution in [0.5, 0.6) is 0 Å². The van der Waals surface area contributed by atoms with Crippen molar-refractivity contribution >= 4 is 17.5 Å². The first-order chi connectivity index (χ1) is 8.97. The van der Waals surface area contributed by atoms with Crippen LogP contribution in [0.4, 0.5) is 0 Å². The van der Waals surface area contributed by atoms with Gasteiger partial charge in [0.1, 0.15) is 5.76 Å². The van der Waals surface area contributed by atoms with Crippen LogP contribution in [0.25, 0.3) is 0 Å². The third-order valence-electron chi connectivity index (χ3n) is 2.93. The molecule has 0 unspecified atom stereocenters. The fourth-order valence-electron chi connectivity index (χ4n) is 1.90. The zero-order valence-electron chi connectivity index (χ0n) is 10.9. The largest absolute Gasteiger partial charge is 0.469 e. The Hall–Kier alpha value is -1.74. The first-order valence-corrected chi connectivity index (χ1v) is 6.44. The van der Waals surface area contributed by atoms with Crippen molar-refractivity contribution in [2.24, 2.45) is 0 Å². The molecule has 0 atom stereocenters. The van der Waals surface area contributed by atoms with Crippen molar-refractivity contribution in [3.63, 3.8) is 0 Å². The number of rotatable bonds is 4. The highest BCUT2D eigenvalue weighted by Crippen LogP contribution is 2.22. The van der Waals surface area contributed by atoms with E-state index < -0.39 is 5.54 Å². The smallest absolute Gasteiger partial charge is 0.228 e. The Kier molecular flexibility index (Phi) is 3.96. The Labute approximate surface area is 117 Å². The third kappa shape index (κ3) is 3.61. The molecule has 0 spiro atoms. The maximum atomic E-state index is 12.0. The minimum atomic E-state index is -0.450. The first-order valence-electron chi connectivity index (χ1n) is 6.07. The minimum absolute atomic E-state index is 0.0742. The summed E-state index contributed by atoms with van der Waals surface area (Å²) in [7, 11) is 0. The van der Waals surface area contributed by atoms with Crippen molar-refractivity contribution in [2.75, 3.05) is 0 Å². The molecule has 4 heteroatoms. The van der Waals surface area contributed by atoms with Gasteiger partial charge in [-0.05, 0) is 43.7 Å². The van der Waals surface area contributed by atoms with Gasteiger partial charge in [-0.15, -0.1) is 0 Å². The molecule has 1 aromatic heterocycles. The van der Waals surface area contributed by atoms with E-state index in [-0.39, 0.29) is 12.3 Å². The zero-order valence-corrected chi connectivity index (χ0v) is 11.7. The van der Waals surface area contributed by atoms with Crippen LogP contribution >= 0.6 is 11.6 Å². The Morgan fingerprint density at radius 3 is 2.53 bits per heavy atom. The lowest BCUT2D eigenvalue weighted by atomic mass is 9.94. The van der Waals surface area contributed by atoms with Gasteiger partial charge in [0.2, 0.25) is 5.91 Å². The van der Waals surface area contributed by atoms with E-state index >= 15 is 0 Å². The number of halogens is 1. The predicted molar refractivity (Wildman–Crippen MR) is 75.0 cm³/mol. The Morgan fingerprint density at radius 2 is 1.95 bits per heavy atom. The van der Waals surface area contributed by atoms with Crippen LogP contribution in [0.2, 0.25) is 5.02 Å². The molecule has 1 aromatic carbocycles. The maximum Gasteiger partial charge on any atom is 0.228 e. The first kappa shape index (κ1) is 13.7. The Morgan fingerprint density at radius 1 is 1.26 bits per heavy atom. The second-order valence-corrected chi connectivity index (χ2v) is 5.37. The maximum absolute atomic E-state index is 12.0. The van der Waals surface area contributed by atoms with Crippen molar-refractivity contribution in [1.82, 2.24) is 5.32 Å². The van der Waals surface area contributed by atoms with E-state index in [2.05, 4.69) is 5.32 Å². The lowest BCUT2D eigenvalue weighted by Gasteiger charge is -2.27. The van der Waals surface area contributed by atoms with E-state index in [1.807, 2.05) is 38.1 Å². The molecular weight excluding hydrogens is 262 g/mol. The molecular formula is C15H16ClNO2.